The lowest BCUT2D eigenvalue weighted by Crippen LogP contribution is -2.44. The third-order valence-corrected chi connectivity index (χ3v) is 7.52. The van der Waals surface area contributed by atoms with Gasteiger partial charge in [0.05, 0.1) is 7.11 Å². The van der Waals surface area contributed by atoms with Crippen molar-refractivity contribution in [2.45, 2.75) is 11.2 Å². The molecule has 3 aromatic carbocycles. The van der Waals surface area contributed by atoms with Crippen LogP contribution in [0.5, 0.6) is 5.75 Å². The fourth-order valence-corrected chi connectivity index (χ4v) is 5.99. The molecule has 6 heteroatoms. The molecule has 0 radical (unpaired) electrons. The molecular formula is C25H18Cl2O3S. The maximum Gasteiger partial charge on any atom is 0.151 e. The van der Waals surface area contributed by atoms with E-state index < -0.39 is 11.2 Å². The first-order valence-electron chi connectivity index (χ1n) is 9.64. The molecule has 0 aliphatic heterocycles. The van der Waals surface area contributed by atoms with Crippen LogP contribution in [0.3, 0.4) is 0 Å². The van der Waals surface area contributed by atoms with Crippen LogP contribution in [-0.2, 0) is 11.2 Å². The average Bonchev–Trinajstić information content (AvgIpc) is 3.33. The van der Waals surface area contributed by atoms with Crippen LogP contribution in [-0.4, -0.2) is 17.3 Å². The average molecular weight is 469 g/mol. The Bertz CT molecular complexity index is 1270. The topological polar surface area (TPSA) is 49.7 Å². The van der Waals surface area contributed by atoms with Crippen molar-refractivity contribution in [3.63, 3.8) is 0 Å². The minimum absolute atomic E-state index is 0.358. The summed E-state index contributed by atoms with van der Waals surface area (Å²) in [7, 11) is 1.59. The number of benzene rings is 3. The molecular weight excluding hydrogens is 451 g/mol. The molecule has 156 valence electrons. The predicted octanol–water partition coefficient (Wildman–Crippen LogP) is 5.95. The lowest BCUT2D eigenvalue weighted by Gasteiger charge is -2.45. The molecule has 4 aromatic rings. The van der Waals surface area contributed by atoms with Crippen LogP contribution in [0.15, 0.2) is 78.2 Å². The Morgan fingerprint density at radius 1 is 0.742 bits per heavy atom. The largest absolute Gasteiger partial charge is 0.497 e. The standard InChI is InChI=1S/C25H18Cl2O3S/c1-30-16-12-10-15(11-13-16)24(28)17-5-2-8-20(27)23(17)25(29,21-9-4-14-31-21)18-6-3-7-19(26)22(18)24/h2-14,28-29H,1H3/t24-,25+/m0/s1. The molecule has 0 bridgehead atoms. The number of hydrogen-bond donors (Lipinski definition) is 2. The quantitative estimate of drug-likeness (QED) is 0.390. The zero-order valence-corrected chi connectivity index (χ0v) is 18.8. The summed E-state index contributed by atoms with van der Waals surface area (Å²) in [5.74, 6) is 0.670. The highest BCUT2D eigenvalue weighted by Crippen LogP contribution is 2.57. The number of methoxy groups -OCH3 is 1. The molecule has 1 heterocycles. The van der Waals surface area contributed by atoms with Gasteiger partial charge >= 0.3 is 0 Å². The molecule has 2 N–H and O–H groups in total. The van der Waals surface area contributed by atoms with Gasteiger partial charge in [0.15, 0.2) is 5.60 Å². The first-order chi connectivity index (χ1) is 14.9. The van der Waals surface area contributed by atoms with Crippen molar-refractivity contribution in [1.82, 2.24) is 0 Å². The van der Waals surface area contributed by atoms with Crippen molar-refractivity contribution in [1.29, 1.82) is 0 Å². The van der Waals surface area contributed by atoms with Crippen molar-refractivity contribution in [2.75, 3.05) is 7.11 Å². The van der Waals surface area contributed by atoms with Crippen molar-refractivity contribution in [3.8, 4) is 5.75 Å². The zero-order chi connectivity index (χ0) is 21.8. The van der Waals surface area contributed by atoms with E-state index in [9.17, 15) is 10.2 Å². The molecule has 1 aliphatic rings. The van der Waals surface area contributed by atoms with Crippen LogP contribution in [0.1, 0.15) is 32.7 Å². The Balaban J connectivity index is 1.93. The molecule has 31 heavy (non-hydrogen) atoms. The molecule has 0 spiro atoms. The Morgan fingerprint density at radius 3 is 1.87 bits per heavy atom. The summed E-state index contributed by atoms with van der Waals surface area (Å²) >= 11 is 14.8. The monoisotopic (exact) mass is 468 g/mol. The number of hydrogen-bond acceptors (Lipinski definition) is 4. The van der Waals surface area contributed by atoms with E-state index in [4.69, 9.17) is 27.9 Å². The summed E-state index contributed by atoms with van der Waals surface area (Å²) in [5, 5.41) is 27.2. The first kappa shape index (κ1) is 20.6. The highest BCUT2D eigenvalue weighted by atomic mass is 35.5. The Hall–Kier alpha value is -2.34. The van der Waals surface area contributed by atoms with Crippen LogP contribution in [0.25, 0.3) is 0 Å². The van der Waals surface area contributed by atoms with Gasteiger partial charge in [0.2, 0.25) is 0 Å². The predicted molar refractivity (Wildman–Crippen MR) is 124 cm³/mol. The van der Waals surface area contributed by atoms with Gasteiger partial charge in [-0.2, -0.15) is 0 Å². The summed E-state index contributed by atoms with van der Waals surface area (Å²) in [4.78, 5) is 0.696. The van der Waals surface area contributed by atoms with E-state index in [1.807, 2.05) is 17.5 Å². The van der Waals surface area contributed by atoms with E-state index in [1.54, 1.807) is 67.8 Å². The lowest BCUT2D eigenvalue weighted by atomic mass is 9.65. The Labute approximate surface area is 194 Å². The van der Waals surface area contributed by atoms with Gasteiger partial charge in [-0.1, -0.05) is 65.7 Å². The smallest absolute Gasteiger partial charge is 0.151 e. The third-order valence-electron chi connectivity index (χ3n) is 5.92. The molecule has 0 amide bonds. The van der Waals surface area contributed by atoms with Gasteiger partial charge in [-0.3, -0.25) is 0 Å². The lowest BCUT2D eigenvalue weighted by molar-refractivity contribution is 0.0768. The number of ether oxygens (including phenoxy) is 1. The summed E-state index contributed by atoms with van der Waals surface area (Å²) < 4.78 is 5.29. The van der Waals surface area contributed by atoms with Gasteiger partial charge in [0.25, 0.3) is 0 Å². The summed E-state index contributed by atoms with van der Waals surface area (Å²) in [5.41, 5.74) is -0.702. The van der Waals surface area contributed by atoms with Gasteiger partial charge in [-0.25, -0.2) is 0 Å². The Morgan fingerprint density at radius 2 is 1.32 bits per heavy atom. The molecule has 0 saturated carbocycles. The summed E-state index contributed by atoms with van der Waals surface area (Å²) in [6.07, 6.45) is 0. The highest BCUT2D eigenvalue weighted by Gasteiger charge is 2.53. The Kier molecular flexibility index (Phi) is 4.88. The minimum atomic E-state index is -1.62. The fourth-order valence-electron chi connectivity index (χ4n) is 4.53. The second-order valence-electron chi connectivity index (χ2n) is 7.45. The van der Waals surface area contributed by atoms with Gasteiger partial charge in [-0.15, -0.1) is 11.3 Å². The van der Waals surface area contributed by atoms with Crippen molar-refractivity contribution in [3.05, 3.63) is 121 Å². The van der Waals surface area contributed by atoms with Crippen molar-refractivity contribution < 1.29 is 14.9 Å². The summed E-state index contributed by atoms with van der Waals surface area (Å²) in [6.45, 7) is 0. The van der Waals surface area contributed by atoms with Crippen LogP contribution < -0.4 is 4.74 Å². The van der Waals surface area contributed by atoms with Crippen molar-refractivity contribution >= 4 is 34.5 Å². The molecule has 5 rings (SSSR count). The van der Waals surface area contributed by atoms with Crippen LogP contribution >= 0.6 is 34.5 Å². The van der Waals surface area contributed by atoms with Crippen LogP contribution in [0, 0.1) is 0 Å². The van der Waals surface area contributed by atoms with Gasteiger partial charge in [0.1, 0.15) is 11.4 Å². The molecule has 2 atom stereocenters. The molecule has 1 aliphatic carbocycles. The second-order valence-corrected chi connectivity index (χ2v) is 9.21. The summed E-state index contributed by atoms with van der Waals surface area (Å²) in [6, 6.07) is 21.5. The number of rotatable bonds is 3. The molecule has 0 saturated heterocycles. The molecule has 0 unspecified atom stereocenters. The van der Waals surface area contributed by atoms with E-state index >= 15 is 0 Å². The van der Waals surface area contributed by atoms with E-state index in [-0.39, 0.29) is 0 Å². The number of aliphatic hydroxyl groups is 2. The zero-order valence-electron chi connectivity index (χ0n) is 16.5. The minimum Gasteiger partial charge on any atom is -0.497 e. The number of fused-ring (bicyclic) bond motifs is 2. The highest BCUT2D eigenvalue weighted by molar-refractivity contribution is 7.10. The van der Waals surface area contributed by atoms with Gasteiger partial charge in [-0.05, 0) is 41.3 Å². The van der Waals surface area contributed by atoms with Gasteiger partial charge in [0, 0.05) is 37.2 Å². The van der Waals surface area contributed by atoms with E-state index in [2.05, 4.69) is 0 Å². The third kappa shape index (κ3) is 2.80. The first-order valence-corrected chi connectivity index (χ1v) is 11.3. The maximum absolute atomic E-state index is 12.4. The van der Waals surface area contributed by atoms with Crippen LogP contribution in [0.4, 0.5) is 0 Å². The second kappa shape index (κ2) is 7.37. The molecule has 3 nitrogen and oxygen atoms in total. The number of thiophene rings is 1. The van der Waals surface area contributed by atoms with Gasteiger partial charge < -0.3 is 14.9 Å². The van der Waals surface area contributed by atoms with E-state index in [0.717, 1.165) is 0 Å². The maximum atomic E-state index is 12.4. The van der Waals surface area contributed by atoms with E-state index in [0.29, 0.717) is 48.5 Å². The van der Waals surface area contributed by atoms with E-state index in [1.165, 1.54) is 11.3 Å². The fraction of sp³-hybridized carbons (Fsp3) is 0.120. The molecule has 1 aromatic heterocycles. The van der Waals surface area contributed by atoms with Crippen LogP contribution in [0.2, 0.25) is 10.0 Å². The SMILES string of the molecule is COc1ccc([C@]2(O)c3cccc(Cl)c3[C@](O)(c3cccs3)c3cccc(Cl)c32)cc1. The number of halogens is 2. The normalized spacial score (nSPS) is 22.0. The van der Waals surface area contributed by atoms with Crippen molar-refractivity contribution in [2.24, 2.45) is 0 Å². The molecule has 0 fully saturated rings.